The molecule has 0 aliphatic rings. The quantitative estimate of drug-likeness (QED) is 0.892. The van der Waals surface area contributed by atoms with Crippen LogP contribution < -0.4 is 5.32 Å². The summed E-state index contributed by atoms with van der Waals surface area (Å²) < 4.78 is 0.637. The molecule has 6 heteroatoms. The van der Waals surface area contributed by atoms with Gasteiger partial charge in [0.05, 0.1) is 9.50 Å². The second-order valence-corrected chi connectivity index (χ2v) is 3.98. The summed E-state index contributed by atoms with van der Waals surface area (Å²) in [6.45, 7) is 1.53. The first-order valence-corrected chi connectivity index (χ1v) is 4.98. The zero-order valence-electron chi connectivity index (χ0n) is 7.29. The minimum absolute atomic E-state index is 0.462. The van der Waals surface area contributed by atoms with Gasteiger partial charge in [-0.3, -0.25) is 4.79 Å². The molecule has 1 unspecified atom stereocenters. The van der Waals surface area contributed by atoms with Gasteiger partial charge in [-0.15, -0.1) is 0 Å². The highest BCUT2D eigenvalue weighted by molar-refractivity contribution is 9.10. The molecule has 1 heterocycles. The summed E-state index contributed by atoms with van der Waals surface area (Å²) in [5.74, 6) is -0.474. The number of rotatable bonds is 3. The molecule has 0 amide bonds. The molecule has 2 N–H and O–H groups in total. The number of nitrogens with one attached hydrogen (secondary N) is 1. The Labute approximate surface area is 94.4 Å². The Morgan fingerprint density at radius 2 is 2.43 bits per heavy atom. The Morgan fingerprint density at radius 1 is 1.79 bits per heavy atom. The van der Waals surface area contributed by atoms with Crippen LogP contribution in [0.2, 0.25) is 5.02 Å². The van der Waals surface area contributed by atoms with Crippen LogP contribution in [0.1, 0.15) is 6.92 Å². The average molecular weight is 280 g/mol. The van der Waals surface area contributed by atoms with Crippen molar-refractivity contribution in [2.24, 2.45) is 0 Å². The molecule has 0 aliphatic carbocycles. The SMILES string of the molecule is CC(Nc1ncc(Cl)cc1Br)C(=O)O. The van der Waals surface area contributed by atoms with E-state index in [9.17, 15) is 4.79 Å². The lowest BCUT2D eigenvalue weighted by Gasteiger charge is -2.10. The van der Waals surface area contributed by atoms with Gasteiger partial charge in [-0.05, 0) is 28.9 Å². The van der Waals surface area contributed by atoms with Crippen molar-refractivity contribution in [3.8, 4) is 0 Å². The topological polar surface area (TPSA) is 62.2 Å². The number of hydrogen-bond acceptors (Lipinski definition) is 3. The monoisotopic (exact) mass is 278 g/mol. The summed E-state index contributed by atoms with van der Waals surface area (Å²) in [5, 5.41) is 11.9. The van der Waals surface area contributed by atoms with E-state index in [0.717, 1.165) is 0 Å². The Hall–Kier alpha value is -0.810. The maximum atomic E-state index is 10.6. The van der Waals surface area contributed by atoms with Gasteiger partial charge >= 0.3 is 5.97 Å². The van der Waals surface area contributed by atoms with Gasteiger partial charge in [0.1, 0.15) is 11.9 Å². The van der Waals surface area contributed by atoms with Crippen LogP contribution in [0.25, 0.3) is 0 Å². The van der Waals surface area contributed by atoms with Gasteiger partial charge < -0.3 is 10.4 Å². The highest BCUT2D eigenvalue weighted by Gasteiger charge is 2.12. The Kier molecular flexibility index (Phi) is 3.71. The number of carboxylic acid groups (broad SMARTS) is 1. The first-order chi connectivity index (χ1) is 6.50. The van der Waals surface area contributed by atoms with Crippen molar-refractivity contribution in [3.05, 3.63) is 21.8 Å². The van der Waals surface area contributed by atoms with Crippen molar-refractivity contribution in [1.82, 2.24) is 4.98 Å². The summed E-state index contributed by atoms with van der Waals surface area (Å²) in [5.41, 5.74) is 0. The molecule has 0 radical (unpaired) electrons. The lowest BCUT2D eigenvalue weighted by Crippen LogP contribution is -2.26. The third-order valence-corrected chi connectivity index (χ3v) is 2.34. The van der Waals surface area contributed by atoms with E-state index in [1.807, 2.05) is 0 Å². The molecule has 1 aromatic heterocycles. The zero-order valence-corrected chi connectivity index (χ0v) is 9.63. The number of nitrogens with zero attached hydrogens (tertiary/aromatic N) is 1. The van der Waals surface area contributed by atoms with Gasteiger partial charge in [-0.2, -0.15) is 0 Å². The summed E-state index contributed by atoms with van der Waals surface area (Å²) in [6.07, 6.45) is 1.45. The fourth-order valence-electron chi connectivity index (χ4n) is 0.788. The summed E-state index contributed by atoms with van der Waals surface area (Å²) in [4.78, 5) is 14.5. The molecule has 0 saturated carbocycles. The van der Waals surface area contributed by atoms with Gasteiger partial charge in [0.15, 0.2) is 0 Å². The molecule has 0 aliphatic heterocycles. The maximum Gasteiger partial charge on any atom is 0.325 e. The molecule has 14 heavy (non-hydrogen) atoms. The molecule has 1 rings (SSSR count). The first-order valence-electron chi connectivity index (χ1n) is 3.81. The van der Waals surface area contributed by atoms with Crippen LogP contribution in [0.15, 0.2) is 16.7 Å². The fraction of sp³-hybridized carbons (Fsp3) is 0.250. The second kappa shape index (κ2) is 4.61. The van der Waals surface area contributed by atoms with Crippen LogP contribution in [0, 0.1) is 0 Å². The smallest absolute Gasteiger partial charge is 0.325 e. The minimum atomic E-state index is -0.936. The van der Waals surface area contributed by atoms with Crippen LogP contribution in [0.4, 0.5) is 5.82 Å². The highest BCUT2D eigenvalue weighted by atomic mass is 79.9. The third-order valence-electron chi connectivity index (χ3n) is 1.53. The Balaban J connectivity index is 2.82. The number of carbonyl (C=O) groups is 1. The fourth-order valence-corrected chi connectivity index (χ4v) is 1.54. The minimum Gasteiger partial charge on any atom is -0.480 e. The molecular weight excluding hydrogens is 271 g/mol. The molecular formula is C8H8BrClN2O2. The number of pyridine rings is 1. The standard InChI is InChI=1S/C8H8BrClN2O2/c1-4(8(13)14)12-7-6(9)2-5(10)3-11-7/h2-4H,1H3,(H,11,12)(H,13,14). The predicted molar refractivity (Wildman–Crippen MR) is 57.7 cm³/mol. The molecule has 1 atom stereocenters. The van der Waals surface area contributed by atoms with Gasteiger partial charge in [0.25, 0.3) is 0 Å². The molecule has 0 aromatic carbocycles. The van der Waals surface area contributed by atoms with Crippen LogP contribution in [0.5, 0.6) is 0 Å². The van der Waals surface area contributed by atoms with Crippen molar-refractivity contribution >= 4 is 39.3 Å². The highest BCUT2D eigenvalue weighted by Crippen LogP contribution is 2.23. The van der Waals surface area contributed by atoms with Gasteiger partial charge in [0.2, 0.25) is 0 Å². The van der Waals surface area contributed by atoms with E-state index in [4.69, 9.17) is 16.7 Å². The van der Waals surface area contributed by atoms with E-state index in [1.165, 1.54) is 13.1 Å². The van der Waals surface area contributed by atoms with Gasteiger partial charge in [-0.1, -0.05) is 11.6 Å². The van der Waals surface area contributed by atoms with E-state index >= 15 is 0 Å². The first kappa shape index (κ1) is 11.3. The van der Waals surface area contributed by atoms with E-state index in [-0.39, 0.29) is 0 Å². The molecule has 0 fully saturated rings. The zero-order chi connectivity index (χ0) is 10.7. The lowest BCUT2D eigenvalue weighted by atomic mass is 10.3. The lowest BCUT2D eigenvalue weighted by molar-refractivity contribution is -0.137. The summed E-state index contributed by atoms with van der Waals surface area (Å²) >= 11 is 8.90. The van der Waals surface area contributed by atoms with E-state index in [1.54, 1.807) is 6.07 Å². The molecule has 0 saturated heterocycles. The van der Waals surface area contributed by atoms with Crippen molar-refractivity contribution in [3.63, 3.8) is 0 Å². The molecule has 0 bridgehead atoms. The average Bonchev–Trinajstić information content (AvgIpc) is 2.09. The van der Waals surface area contributed by atoms with Crippen LogP contribution >= 0.6 is 27.5 Å². The number of carboxylic acids is 1. The Bertz CT molecular complexity index is 359. The van der Waals surface area contributed by atoms with Crippen LogP contribution in [0.3, 0.4) is 0 Å². The number of aromatic nitrogens is 1. The van der Waals surface area contributed by atoms with Crippen LogP contribution in [-0.4, -0.2) is 22.1 Å². The largest absolute Gasteiger partial charge is 0.480 e. The third kappa shape index (κ3) is 2.85. The van der Waals surface area contributed by atoms with Gasteiger partial charge in [-0.25, -0.2) is 4.98 Å². The predicted octanol–water partition coefficient (Wildman–Crippen LogP) is 2.38. The summed E-state index contributed by atoms with van der Waals surface area (Å²) in [6, 6.07) is 0.950. The summed E-state index contributed by atoms with van der Waals surface area (Å²) in [7, 11) is 0. The van der Waals surface area contributed by atoms with Crippen LogP contribution in [-0.2, 0) is 4.79 Å². The molecule has 4 nitrogen and oxygen atoms in total. The number of halogens is 2. The normalized spacial score (nSPS) is 12.2. The van der Waals surface area contributed by atoms with E-state index in [2.05, 4.69) is 26.2 Å². The second-order valence-electron chi connectivity index (χ2n) is 2.69. The van der Waals surface area contributed by atoms with Gasteiger partial charge in [0, 0.05) is 6.20 Å². The number of anilines is 1. The molecule has 0 spiro atoms. The number of hydrogen-bond donors (Lipinski definition) is 2. The number of aliphatic carboxylic acids is 1. The molecule has 76 valence electrons. The molecule has 1 aromatic rings. The Morgan fingerprint density at radius 3 is 2.93 bits per heavy atom. The van der Waals surface area contributed by atoms with Crippen molar-refractivity contribution in [2.45, 2.75) is 13.0 Å². The maximum absolute atomic E-state index is 10.6. The van der Waals surface area contributed by atoms with E-state index < -0.39 is 12.0 Å². The van der Waals surface area contributed by atoms with Crippen molar-refractivity contribution in [1.29, 1.82) is 0 Å². The van der Waals surface area contributed by atoms with Crippen molar-refractivity contribution < 1.29 is 9.90 Å². The van der Waals surface area contributed by atoms with Crippen molar-refractivity contribution in [2.75, 3.05) is 5.32 Å². The van der Waals surface area contributed by atoms with E-state index in [0.29, 0.717) is 15.3 Å².